The van der Waals surface area contributed by atoms with Crippen LogP contribution in [-0.4, -0.2) is 40.1 Å². The highest BCUT2D eigenvalue weighted by atomic mass is 32.2. The fraction of sp³-hybridized carbons (Fsp3) is 0.562. The molecule has 0 aliphatic heterocycles. The van der Waals surface area contributed by atoms with Crippen LogP contribution in [-0.2, 0) is 19.6 Å². The Hall–Kier alpha value is -1.44. The predicted molar refractivity (Wildman–Crippen MR) is 89.7 cm³/mol. The molecule has 2 unspecified atom stereocenters. The van der Waals surface area contributed by atoms with Crippen molar-refractivity contribution in [1.82, 2.24) is 10.0 Å². The largest absolute Gasteiger partial charge is 0.382 e. The molecule has 2 N–H and O–H groups in total. The van der Waals surface area contributed by atoms with Gasteiger partial charge in [-0.25, -0.2) is 8.42 Å². The third-order valence-electron chi connectivity index (χ3n) is 3.55. The maximum absolute atomic E-state index is 12.2. The van der Waals surface area contributed by atoms with Crippen molar-refractivity contribution >= 4 is 15.9 Å². The van der Waals surface area contributed by atoms with Gasteiger partial charge >= 0.3 is 0 Å². The molecule has 0 spiro atoms. The predicted octanol–water partition coefficient (Wildman–Crippen LogP) is 1.59. The first-order valence-corrected chi connectivity index (χ1v) is 9.14. The van der Waals surface area contributed by atoms with Gasteiger partial charge in [-0.3, -0.25) is 4.79 Å². The summed E-state index contributed by atoms with van der Waals surface area (Å²) in [6, 6.07) is 5.65. The summed E-state index contributed by atoms with van der Waals surface area (Å²) in [5.74, 6) is -0.342. The van der Waals surface area contributed by atoms with E-state index in [-0.39, 0.29) is 16.9 Å². The number of carbonyl (C=O) groups excluding carboxylic acids is 1. The van der Waals surface area contributed by atoms with Crippen LogP contribution in [0.2, 0.25) is 0 Å². The Bertz CT molecular complexity index is 599. The van der Waals surface area contributed by atoms with Crippen molar-refractivity contribution in [1.29, 1.82) is 0 Å². The molecule has 1 rings (SSSR count). The van der Waals surface area contributed by atoms with E-state index in [1.165, 1.54) is 19.1 Å². The number of methoxy groups -OCH3 is 1. The molecule has 0 heterocycles. The molecule has 2 atom stereocenters. The van der Waals surface area contributed by atoms with E-state index in [2.05, 4.69) is 10.0 Å². The first-order chi connectivity index (χ1) is 10.8. The van der Waals surface area contributed by atoms with Gasteiger partial charge in [-0.05, 0) is 45.7 Å². The summed E-state index contributed by atoms with van der Waals surface area (Å²) in [4.78, 5) is 12.1. The minimum Gasteiger partial charge on any atom is -0.382 e. The molecule has 1 amide bonds. The average molecular weight is 342 g/mol. The number of amides is 1. The molecule has 0 bridgehead atoms. The van der Waals surface area contributed by atoms with Gasteiger partial charge in [0.1, 0.15) is 0 Å². The number of aryl methyl sites for hydroxylation is 1. The Morgan fingerprint density at radius 1 is 1.22 bits per heavy atom. The van der Waals surface area contributed by atoms with Gasteiger partial charge in [0, 0.05) is 13.7 Å². The van der Waals surface area contributed by atoms with E-state index in [1.54, 1.807) is 19.2 Å². The van der Waals surface area contributed by atoms with Gasteiger partial charge in [0.25, 0.3) is 0 Å². The minimum atomic E-state index is -3.70. The normalized spacial score (nSPS) is 14.3. The third kappa shape index (κ3) is 6.68. The zero-order chi connectivity index (χ0) is 17.5. The lowest BCUT2D eigenvalue weighted by atomic mass is 10.2. The number of nitrogens with one attached hydrogen (secondary N) is 2. The summed E-state index contributed by atoms with van der Waals surface area (Å²) in [6.07, 6.45) is 1.75. The quantitative estimate of drug-likeness (QED) is 0.668. The topological polar surface area (TPSA) is 84.5 Å². The van der Waals surface area contributed by atoms with Crippen LogP contribution in [0.15, 0.2) is 29.2 Å². The number of benzene rings is 1. The average Bonchev–Trinajstić information content (AvgIpc) is 2.50. The molecule has 0 saturated carbocycles. The second-order valence-electron chi connectivity index (χ2n) is 5.64. The third-order valence-corrected chi connectivity index (χ3v) is 5.10. The monoisotopic (exact) mass is 342 g/mol. The number of carbonyl (C=O) groups is 1. The summed E-state index contributed by atoms with van der Waals surface area (Å²) in [7, 11) is -2.06. The van der Waals surface area contributed by atoms with E-state index < -0.39 is 16.1 Å². The maximum atomic E-state index is 12.2. The molecular weight excluding hydrogens is 316 g/mol. The van der Waals surface area contributed by atoms with Gasteiger partial charge in [-0.1, -0.05) is 17.7 Å². The summed E-state index contributed by atoms with van der Waals surface area (Å²) >= 11 is 0. The minimum absolute atomic E-state index is 0.143. The van der Waals surface area contributed by atoms with Gasteiger partial charge in [0.05, 0.1) is 17.0 Å². The van der Waals surface area contributed by atoms with Crippen LogP contribution >= 0.6 is 0 Å². The van der Waals surface area contributed by atoms with E-state index in [1.807, 2.05) is 13.8 Å². The van der Waals surface area contributed by atoms with Crippen molar-refractivity contribution in [3.8, 4) is 0 Å². The highest BCUT2D eigenvalue weighted by molar-refractivity contribution is 7.89. The van der Waals surface area contributed by atoms with Crippen LogP contribution in [0.25, 0.3) is 0 Å². The van der Waals surface area contributed by atoms with Crippen molar-refractivity contribution in [3.05, 3.63) is 29.8 Å². The molecule has 23 heavy (non-hydrogen) atoms. The molecule has 0 fully saturated rings. The van der Waals surface area contributed by atoms with Gasteiger partial charge in [-0.2, -0.15) is 4.72 Å². The van der Waals surface area contributed by atoms with Gasteiger partial charge < -0.3 is 10.1 Å². The van der Waals surface area contributed by atoms with Crippen molar-refractivity contribution in [2.24, 2.45) is 0 Å². The second-order valence-corrected chi connectivity index (χ2v) is 7.35. The first kappa shape index (κ1) is 19.6. The zero-order valence-electron chi connectivity index (χ0n) is 14.1. The Morgan fingerprint density at radius 2 is 1.83 bits per heavy atom. The SMILES string of the molecule is COC(C)CCCNC(=O)C(C)NS(=O)(=O)c1ccc(C)cc1. The number of rotatable bonds is 9. The van der Waals surface area contributed by atoms with Gasteiger partial charge in [0.15, 0.2) is 0 Å². The molecule has 0 aliphatic rings. The molecular formula is C16H26N2O4S. The molecule has 1 aromatic rings. The van der Waals surface area contributed by atoms with Crippen molar-refractivity contribution in [2.75, 3.05) is 13.7 Å². The van der Waals surface area contributed by atoms with E-state index in [9.17, 15) is 13.2 Å². The highest BCUT2D eigenvalue weighted by Crippen LogP contribution is 2.10. The molecule has 0 radical (unpaired) electrons. The van der Waals surface area contributed by atoms with Crippen LogP contribution < -0.4 is 10.0 Å². The van der Waals surface area contributed by atoms with Crippen molar-refractivity contribution in [2.45, 2.75) is 50.7 Å². The van der Waals surface area contributed by atoms with Crippen LogP contribution in [0, 0.1) is 6.92 Å². The standard InChI is InChI=1S/C16H26N2O4S/c1-12-7-9-15(10-8-12)23(20,21)18-14(3)16(19)17-11-5-6-13(2)22-4/h7-10,13-14,18H,5-6,11H2,1-4H3,(H,17,19). The smallest absolute Gasteiger partial charge is 0.241 e. The van der Waals surface area contributed by atoms with E-state index >= 15 is 0 Å². The van der Waals surface area contributed by atoms with Crippen molar-refractivity contribution < 1.29 is 17.9 Å². The Balaban J connectivity index is 2.49. The lowest BCUT2D eigenvalue weighted by Crippen LogP contribution is -2.45. The maximum Gasteiger partial charge on any atom is 0.241 e. The summed E-state index contributed by atoms with van der Waals surface area (Å²) in [5, 5.41) is 2.72. The first-order valence-electron chi connectivity index (χ1n) is 7.65. The number of hydrogen-bond acceptors (Lipinski definition) is 4. The van der Waals surface area contributed by atoms with E-state index in [4.69, 9.17) is 4.74 Å². The Labute approximate surface area is 138 Å². The summed E-state index contributed by atoms with van der Waals surface area (Å²) in [6.45, 7) is 5.85. The molecule has 1 aromatic carbocycles. The Kier molecular flexibility index (Phi) is 7.67. The fourth-order valence-corrected chi connectivity index (χ4v) is 3.15. The number of ether oxygens (including phenoxy) is 1. The summed E-state index contributed by atoms with van der Waals surface area (Å²) < 4.78 is 31.9. The van der Waals surface area contributed by atoms with Crippen LogP contribution in [0.5, 0.6) is 0 Å². The fourth-order valence-electron chi connectivity index (χ4n) is 1.94. The molecule has 6 nitrogen and oxygen atoms in total. The molecule has 0 aliphatic carbocycles. The summed E-state index contributed by atoms with van der Waals surface area (Å²) in [5.41, 5.74) is 0.972. The second kappa shape index (κ2) is 9.00. The van der Waals surface area contributed by atoms with Crippen molar-refractivity contribution in [3.63, 3.8) is 0 Å². The van der Waals surface area contributed by atoms with Gasteiger partial charge in [0.2, 0.25) is 15.9 Å². The molecule has 130 valence electrons. The molecule has 0 aromatic heterocycles. The van der Waals surface area contributed by atoms with E-state index in [0.717, 1.165) is 18.4 Å². The Morgan fingerprint density at radius 3 is 2.39 bits per heavy atom. The highest BCUT2D eigenvalue weighted by Gasteiger charge is 2.21. The van der Waals surface area contributed by atoms with Crippen LogP contribution in [0.3, 0.4) is 0 Å². The molecule has 0 saturated heterocycles. The lowest BCUT2D eigenvalue weighted by molar-refractivity contribution is -0.122. The molecule has 7 heteroatoms. The lowest BCUT2D eigenvalue weighted by Gasteiger charge is -2.15. The zero-order valence-corrected chi connectivity index (χ0v) is 14.9. The number of sulfonamides is 1. The number of hydrogen-bond donors (Lipinski definition) is 2. The van der Waals surface area contributed by atoms with Crippen LogP contribution in [0.1, 0.15) is 32.3 Å². The van der Waals surface area contributed by atoms with Gasteiger partial charge in [-0.15, -0.1) is 0 Å². The van der Waals surface area contributed by atoms with E-state index in [0.29, 0.717) is 6.54 Å². The van der Waals surface area contributed by atoms with Crippen LogP contribution in [0.4, 0.5) is 0 Å².